The van der Waals surface area contributed by atoms with Gasteiger partial charge in [-0.2, -0.15) is 0 Å². The molecule has 2 heterocycles. The zero-order chi connectivity index (χ0) is 33.7. The third kappa shape index (κ3) is 4.96. The third-order valence-electron chi connectivity index (χ3n) is 9.79. The van der Waals surface area contributed by atoms with Crippen LogP contribution in [0.4, 0.5) is 17.1 Å². The molecular formula is C47H31N3O. The van der Waals surface area contributed by atoms with Crippen molar-refractivity contribution in [3.63, 3.8) is 0 Å². The second kappa shape index (κ2) is 11.9. The highest BCUT2D eigenvalue weighted by Crippen LogP contribution is 2.41. The summed E-state index contributed by atoms with van der Waals surface area (Å²) in [4.78, 5) is 7.19. The first-order valence-corrected chi connectivity index (χ1v) is 17.2. The van der Waals surface area contributed by atoms with Crippen LogP contribution in [0.1, 0.15) is 0 Å². The molecule has 0 aliphatic rings. The molecule has 2 aromatic heterocycles. The van der Waals surface area contributed by atoms with Crippen molar-refractivity contribution >= 4 is 60.7 Å². The summed E-state index contributed by atoms with van der Waals surface area (Å²) in [6, 6.07) is 66.3. The Morgan fingerprint density at radius 1 is 0.431 bits per heavy atom. The van der Waals surface area contributed by atoms with Crippen molar-refractivity contribution < 1.29 is 4.42 Å². The van der Waals surface area contributed by atoms with E-state index in [0.29, 0.717) is 5.89 Å². The Morgan fingerprint density at radius 3 is 1.75 bits per heavy atom. The van der Waals surface area contributed by atoms with E-state index in [2.05, 4.69) is 161 Å². The van der Waals surface area contributed by atoms with Crippen LogP contribution in [0.3, 0.4) is 0 Å². The summed E-state index contributed by atoms with van der Waals surface area (Å²) >= 11 is 0. The van der Waals surface area contributed by atoms with Crippen molar-refractivity contribution in [3.8, 4) is 28.3 Å². The summed E-state index contributed by atoms with van der Waals surface area (Å²) < 4.78 is 8.84. The highest BCUT2D eigenvalue weighted by molar-refractivity contribution is 6.09. The Hall–Kier alpha value is -6.91. The van der Waals surface area contributed by atoms with E-state index in [1.165, 1.54) is 27.4 Å². The normalized spacial score (nSPS) is 11.5. The molecule has 0 aliphatic heterocycles. The first-order valence-electron chi connectivity index (χ1n) is 17.2. The van der Waals surface area contributed by atoms with Gasteiger partial charge in [0.25, 0.3) is 0 Å². The molecule has 0 saturated carbocycles. The second-order valence-corrected chi connectivity index (χ2v) is 12.8. The molecular weight excluding hydrogens is 623 g/mol. The monoisotopic (exact) mass is 653 g/mol. The van der Waals surface area contributed by atoms with Crippen molar-refractivity contribution in [2.75, 3.05) is 4.90 Å². The van der Waals surface area contributed by atoms with E-state index in [0.717, 1.165) is 55.7 Å². The van der Waals surface area contributed by atoms with Crippen LogP contribution < -0.4 is 4.90 Å². The minimum atomic E-state index is 0.622. The van der Waals surface area contributed by atoms with E-state index >= 15 is 0 Å². The standard InChI is InChI=1S/C47H31N3O/c1-3-12-32(13-4-1)35-16-11-17-38(30-35)49(36-25-27-37(28-26-36)50-44-20-9-7-18-40(44)41-19-8-10-21-45(41)50)39-24-22-33-23-29-43-46(42(33)31-39)51-47(48-43)34-14-5-2-6-15-34/h1-31H. The summed E-state index contributed by atoms with van der Waals surface area (Å²) in [5.41, 5.74) is 11.6. The molecule has 0 aliphatic carbocycles. The first-order chi connectivity index (χ1) is 25.3. The minimum absolute atomic E-state index is 0.622. The predicted octanol–water partition coefficient (Wildman–Crippen LogP) is 12.9. The number of aromatic nitrogens is 2. The molecule has 0 atom stereocenters. The molecule has 10 rings (SSSR count). The number of para-hydroxylation sites is 2. The number of hydrogen-bond donors (Lipinski definition) is 0. The van der Waals surface area contributed by atoms with Gasteiger partial charge in [-0.15, -0.1) is 0 Å². The fourth-order valence-electron chi connectivity index (χ4n) is 7.39. The van der Waals surface area contributed by atoms with Gasteiger partial charge in [-0.1, -0.05) is 109 Å². The molecule has 0 radical (unpaired) electrons. The lowest BCUT2D eigenvalue weighted by molar-refractivity contribution is 0.623. The summed E-state index contributed by atoms with van der Waals surface area (Å²) in [6.07, 6.45) is 0. The van der Waals surface area contributed by atoms with Crippen molar-refractivity contribution in [1.82, 2.24) is 9.55 Å². The lowest BCUT2D eigenvalue weighted by atomic mass is 10.0. The van der Waals surface area contributed by atoms with Gasteiger partial charge in [-0.05, 0) is 95.4 Å². The number of nitrogens with zero attached hydrogens (tertiary/aromatic N) is 3. The third-order valence-corrected chi connectivity index (χ3v) is 9.79. The van der Waals surface area contributed by atoms with E-state index in [1.807, 2.05) is 36.4 Å². The first kappa shape index (κ1) is 29.0. The Kier molecular flexibility index (Phi) is 6.78. The van der Waals surface area contributed by atoms with Crippen LogP contribution in [-0.2, 0) is 0 Å². The number of oxazole rings is 1. The summed E-state index contributed by atoms with van der Waals surface area (Å²) in [5, 5.41) is 4.62. The van der Waals surface area contributed by atoms with Gasteiger partial charge in [0.2, 0.25) is 5.89 Å². The average Bonchev–Trinajstić information content (AvgIpc) is 3.80. The van der Waals surface area contributed by atoms with Crippen LogP contribution in [0.25, 0.3) is 71.9 Å². The number of anilines is 3. The molecule has 0 fully saturated rings. The zero-order valence-corrected chi connectivity index (χ0v) is 27.6. The van der Waals surface area contributed by atoms with Crippen LogP contribution in [0.2, 0.25) is 0 Å². The molecule has 0 spiro atoms. The topological polar surface area (TPSA) is 34.2 Å². The van der Waals surface area contributed by atoms with Gasteiger partial charge in [-0.3, -0.25) is 0 Å². The molecule has 240 valence electrons. The second-order valence-electron chi connectivity index (χ2n) is 12.8. The average molecular weight is 654 g/mol. The Balaban J connectivity index is 1.14. The van der Waals surface area contributed by atoms with E-state index in [-0.39, 0.29) is 0 Å². The van der Waals surface area contributed by atoms with Crippen molar-refractivity contribution in [3.05, 3.63) is 188 Å². The SMILES string of the molecule is c1ccc(-c2cccc(N(c3ccc(-n4c5ccccc5c5ccccc54)cc3)c3ccc4ccc5nc(-c6ccccc6)oc5c4c3)c2)cc1. The maximum atomic E-state index is 6.49. The number of fused-ring (bicyclic) bond motifs is 6. The fraction of sp³-hybridized carbons (Fsp3) is 0. The van der Waals surface area contributed by atoms with Crippen LogP contribution in [-0.4, -0.2) is 9.55 Å². The van der Waals surface area contributed by atoms with E-state index in [4.69, 9.17) is 9.40 Å². The quantitative estimate of drug-likeness (QED) is 0.179. The molecule has 0 unspecified atom stereocenters. The highest BCUT2D eigenvalue weighted by atomic mass is 16.3. The minimum Gasteiger partial charge on any atom is -0.435 e. The van der Waals surface area contributed by atoms with Crippen molar-refractivity contribution in [2.45, 2.75) is 0 Å². The summed E-state index contributed by atoms with van der Waals surface area (Å²) in [7, 11) is 0. The maximum absolute atomic E-state index is 6.49. The predicted molar refractivity (Wildman–Crippen MR) is 211 cm³/mol. The highest BCUT2D eigenvalue weighted by Gasteiger charge is 2.18. The van der Waals surface area contributed by atoms with E-state index in [1.54, 1.807) is 0 Å². The molecule has 10 aromatic rings. The zero-order valence-electron chi connectivity index (χ0n) is 27.6. The molecule has 0 saturated heterocycles. The molecule has 0 N–H and O–H groups in total. The molecule has 0 bridgehead atoms. The molecule has 4 heteroatoms. The van der Waals surface area contributed by atoms with Gasteiger partial charge in [0, 0.05) is 44.5 Å². The smallest absolute Gasteiger partial charge is 0.227 e. The Bertz CT molecular complexity index is 2800. The van der Waals surface area contributed by atoms with E-state index in [9.17, 15) is 0 Å². The van der Waals surface area contributed by atoms with Gasteiger partial charge in [0.05, 0.1) is 11.0 Å². The molecule has 4 nitrogen and oxygen atoms in total. The van der Waals surface area contributed by atoms with E-state index < -0.39 is 0 Å². The lowest BCUT2D eigenvalue weighted by Gasteiger charge is -2.26. The number of rotatable bonds is 6. The number of benzene rings is 8. The van der Waals surface area contributed by atoms with Gasteiger partial charge < -0.3 is 13.9 Å². The van der Waals surface area contributed by atoms with Gasteiger partial charge >= 0.3 is 0 Å². The van der Waals surface area contributed by atoms with Crippen LogP contribution in [0.15, 0.2) is 192 Å². The van der Waals surface area contributed by atoms with Crippen molar-refractivity contribution in [1.29, 1.82) is 0 Å². The lowest BCUT2D eigenvalue weighted by Crippen LogP contribution is -2.10. The van der Waals surface area contributed by atoms with Gasteiger partial charge in [0.15, 0.2) is 5.58 Å². The molecule has 8 aromatic carbocycles. The van der Waals surface area contributed by atoms with Crippen molar-refractivity contribution in [2.24, 2.45) is 0 Å². The van der Waals surface area contributed by atoms with Crippen LogP contribution in [0, 0.1) is 0 Å². The Morgan fingerprint density at radius 2 is 1.02 bits per heavy atom. The summed E-state index contributed by atoms with van der Waals surface area (Å²) in [5.74, 6) is 0.622. The van der Waals surface area contributed by atoms with Crippen LogP contribution in [0.5, 0.6) is 0 Å². The fourth-order valence-corrected chi connectivity index (χ4v) is 7.39. The Labute approximate surface area is 295 Å². The molecule has 0 amide bonds. The number of hydrogen-bond acceptors (Lipinski definition) is 3. The largest absolute Gasteiger partial charge is 0.435 e. The van der Waals surface area contributed by atoms with Crippen LogP contribution >= 0.6 is 0 Å². The summed E-state index contributed by atoms with van der Waals surface area (Å²) in [6.45, 7) is 0. The molecule has 51 heavy (non-hydrogen) atoms. The maximum Gasteiger partial charge on any atom is 0.227 e. The van der Waals surface area contributed by atoms with Gasteiger partial charge in [-0.25, -0.2) is 4.98 Å². The van der Waals surface area contributed by atoms with Gasteiger partial charge in [0.1, 0.15) is 5.52 Å².